The molecule has 5 heteroatoms. The van der Waals surface area contributed by atoms with Gasteiger partial charge in [0, 0.05) is 18.5 Å². The fourth-order valence-electron chi connectivity index (χ4n) is 2.88. The maximum atomic E-state index is 13.5. The zero-order valence-electron chi connectivity index (χ0n) is 12.6. The van der Waals surface area contributed by atoms with E-state index in [0.29, 0.717) is 30.6 Å². The lowest BCUT2D eigenvalue weighted by Gasteiger charge is -2.28. The maximum absolute atomic E-state index is 13.5. The summed E-state index contributed by atoms with van der Waals surface area (Å²) in [4.78, 5) is 11.6. The molecule has 4 nitrogen and oxygen atoms in total. The third-order valence-corrected chi connectivity index (χ3v) is 3.89. The van der Waals surface area contributed by atoms with Crippen molar-refractivity contribution in [2.24, 2.45) is 0 Å². The summed E-state index contributed by atoms with van der Waals surface area (Å²) in [5.74, 6) is -0.707. The Labute approximate surface area is 124 Å². The lowest BCUT2D eigenvalue weighted by Crippen LogP contribution is -2.53. The molecule has 1 aromatic rings. The highest BCUT2D eigenvalue weighted by atomic mass is 19.1. The molecule has 1 aliphatic carbocycles. The Morgan fingerprint density at radius 1 is 1.52 bits per heavy atom. The molecule has 0 aromatic heterocycles. The van der Waals surface area contributed by atoms with Crippen molar-refractivity contribution >= 4 is 5.97 Å². The van der Waals surface area contributed by atoms with Gasteiger partial charge in [0.05, 0.1) is 0 Å². The third-order valence-electron chi connectivity index (χ3n) is 3.89. The first kappa shape index (κ1) is 15.8. The van der Waals surface area contributed by atoms with Crippen molar-refractivity contribution in [1.82, 2.24) is 5.32 Å². The minimum Gasteiger partial charge on any atom is -0.490 e. The van der Waals surface area contributed by atoms with Gasteiger partial charge in [0.25, 0.3) is 0 Å². The summed E-state index contributed by atoms with van der Waals surface area (Å²) in [5.41, 5.74) is -0.377. The number of carboxylic acid groups (broad SMARTS) is 1. The second-order valence-corrected chi connectivity index (χ2v) is 6.08. The Bertz CT molecular complexity index is 532. The average molecular weight is 295 g/mol. The van der Waals surface area contributed by atoms with E-state index in [1.165, 1.54) is 6.07 Å². The summed E-state index contributed by atoms with van der Waals surface area (Å²) in [6.07, 6.45) is 1.33. The highest BCUT2D eigenvalue weighted by Gasteiger charge is 2.46. The average Bonchev–Trinajstić information content (AvgIpc) is 2.77. The summed E-state index contributed by atoms with van der Waals surface area (Å²) in [7, 11) is 0. The van der Waals surface area contributed by atoms with Crippen molar-refractivity contribution < 1.29 is 19.0 Å². The van der Waals surface area contributed by atoms with E-state index in [2.05, 4.69) is 5.32 Å². The summed E-state index contributed by atoms with van der Waals surface area (Å²) in [6.45, 7) is 5.54. The molecule has 2 unspecified atom stereocenters. The number of carbonyl (C=O) groups is 1. The Hall–Kier alpha value is -1.62. The molecule has 1 fully saturated rings. The maximum Gasteiger partial charge on any atom is 0.324 e. The van der Waals surface area contributed by atoms with Crippen LogP contribution >= 0.6 is 0 Å². The SMILES string of the molecule is Cc1ccc(OC2CCC(NC(C)C)(C(=O)O)C2)cc1F. The van der Waals surface area contributed by atoms with E-state index in [9.17, 15) is 14.3 Å². The molecule has 1 aromatic carbocycles. The van der Waals surface area contributed by atoms with Crippen molar-refractivity contribution in [2.75, 3.05) is 0 Å². The zero-order valence-corrected chi connectivity index (χ0v) is 12.6. The molecule has 1 saturated carbocycles. The minimum absolute atomic E-state index is 0.0802. The lowest BCUT2D eigenvalue weighted by molar-refractivity contribution is -0.145. The van der Waals surface area contributed by atoms with Crippen LogP contribution in [-0.4, -0.2) is 28.8 Å². The Kier molecular flexibility index (Phi) is 4.52. The molecule has 0 heterocycles. The number of rotatable bonds is 5. The number of halogens is 1. The minimum atomic E-state index is -0.942. The smallest absolute Gasteiger partial charge is 0.324 e. The van der Waals surface area contributed by atoms with Crippen LogP contribution < -0.4 is 10.1 Å². The summed E-state index contributed by atoms with van der Waals surface area (Å²) < 4.78 is 19.3. The van der Waals surface area contributed by atoms with Crippen molar-refractivity contribution in [3.05, 3.63) is 29.6 Å². The van der Waals surface area contributed by atoms with E-state index >= 15 is 0 Å². The van der Waals surface area contributed by atoms with Gasteiger partial charge >= 0.3 is 5.97 Å². The predicted molar refractivity (Wildman–Crippen MR) is 78.0 cm³/mol. The van der Waals surface area contributed by atoms with Crippen molar-refractivity contribution in [1.29, 1.82) is 0 Å². The first-order valence-corrected chi connectivity index (χ1v) is 7.26. The molecule has 0 aliphatic heterocycles. The van der Waals surface area contributed by atoms with Gasteiger partial charge in [0.15, 0.2) is 0 Å². The number of ether oxygens (including phenoxy) is 1. The zero-order chi connectivity index (χ0) is 15.6. The predicted octanol–water partition coefficient (Wildman–Crippen LogP) is 2.89. The van der Waals surface area contributed by atoms with Crippen LogP contribution in [0.4, 0.5) is 4.39 Å². The molecule has 2 atom stereocenters. The molecule has 0 spiro atoms. The highest BCUT2D eigenvalue weighted by molar-refractivity contribution is 5.79. The Morgan fingerprint density at radius 2 is 2.24 bits per heavy atom. The van der Waals surface area contributed by atoms with Gasteiger partial charge in [-0.2, -0.15) is 0 Å². The van der Waals surface area contributed by atoms with Gasteiger partial charge < -0.3 is 9.84 Å². The van der Waals surface area contributed by atoms with E-state index in [1.807, 2.05) is 13.8 Å². The fourth-order valence-corrected chi connectivity index (χ4v) is 2.88. The van der Waals surface area contributed by atoms with Crippen LogP contribution in [0.5, 0.6) is 5.75 Å². The quantitative estimate of drug-likeness (QED) is 0.877. The van der Waals surface area contributed by atoms with E-state index in [-0.39, 0.29) is 18.0 Å². The van der Waals surface area contributed by atoms with Gasteiger partial charge in [0.2, 0.25) is 0 Å². The molecule has 116 valence electrons. The number of benzene rings is 1. The highest BCUT2D eigenvalue weighted by Crippen LogP contribution is 2.34. The molecule has 0 bridgehead atoms. The van der Waals surface area contributed by atoms with E-state index in [4.69, 9.17) is 4.74 Å². The van der Waals surface area contributed by atoms with Crippen LogP contribution in [-0.2, 0) is 4.79 Å². The third kappa shape index (κ3) is 3.53. The van der Waals surface area contributed by atoms with Crippen LogP contribution in [0.25, 0.3) is 0 Å². The number of aryl methyl sites for hydroxylation is 1. The first-order valence-electron chi connectivity index (χ1n) is 7.26. The van der Waals surface area contributed by atoms with Gasteiger partial charge in [-0.05, 0) is 45.2 Å². The molecule has 0 amide bonds. The number of hydrogen-bond acceptors (Lipinski definition) is 3. The number of aliphatic carboxylic acids is 1. The van der Waals surface area contributed by atoms with Crippen molar-refractivity contribution in [3.63, 3.8) is 0 Å². The number of nitrogens with one attached hydrogen (secondary N) is 1. The topological polar surface area (TPSA) is 58.6 Å². The first-order chi connectivity index (χ1) is 9.82. The van der Waals surface area contributed by atoms with E-state index in [1.54, 1.807) is 19.1 Å². The molecule has 2 N–H and O–H groups in total. The molecule has 0 saturated heterocycles. The molecule has 1 aliphatic rings. The summed E-state index contributed by atoms with van der Waals surface area (Å²) >= 11 is 0. The monoisotopic (exact) mass is 295 g/mol. The molecule has 21 heavy (non-hydrogen) atoms. The van der Waals surface area contributed by atoms with Gasteiger partial charge in [-0.25, -0.2) is 4.39 Å². The van der Waals surface area contributed by atoms with Crippen LogP contribution in [0.1, 0.15) is 38.7 Å². The molecular weight excluding hydrogens is 273 g/mol. The Balaban J connectivity index is 2.06. The van der Waals surface area contributed by atoms with Gasteiger partial charge in [-0.15, -0.1) is 0 Å². The van der Waals surface area contributed by atoms with E-state index in [0.717, 1.165) is 0 Å². The second kappa shape index (κ2) is 6.02. The van der Waals surface area contributed by atoms with Gasteiger partial charge in [0.1, 0.15) is 23.2 Å². The van der Waals surface area contributed by atoms with Gasteiger partial charge in [-0.1, -0.05) is 6.07 Å². The Morgan fingerprint density at radius 3 is 2.81 bits per heavy atom. The fraction of sp³-hybridized carbons (Fsp3) is 0.562. The van der Waals surface area contributed by atoms with E-state index < -0.39 is 11.5 Å². The van der Waals surface area contributed by atoms with Crippen LogP contribution in [0, 0.1) is 12.7 Å². The largest absolute Gasteiger partial charge is 0.490 e. The van der Waals surface area contributed by atoms with Crippen LogP contribution in [0.15, 0.2) is 18.2 Å². The molecule has 0 radical (unpaired) electrons. The van der Waals surface area contributed by atoms with Crippen molar-refractivity contribution in [3.8, 4) is 5.75 Å². The van der Waals surface area contributed by atoms with Gasteiger partial charge in [-0.3, -0.25) is 10.1 Å². The summed E-state index contributed by atoms with van der Waals surface area (Å²) in [6, 6.07) is 4.81. The van der Waals surface area contributed by atoms with Crippen LogP contribution in [0.3, 0.4) is 0 Å². The molecular formula is C16H22FNO3. The number of hydrogen-bond donors (Lipinski definition) is 2. The summed E-state index contributed by atoms with van der Waals surface area (Å²) in [5, 5.41) is 12.6. The molecule has 2 rings (SSSR count). The lowest BCUT2D eigenvalue weighted by atomic mass is 9.96. The normalized spacial score (nSPS) is 25.3. The van der Waals surface area contributed by atoms with Crippen molar-refractivity contribution in [2.45, 2.75) is 57.7 Å². The number of carboxylic acids is 1. The van der Waals surface area contributed by atoms with Crippen LogP contribution in [0.2, 0.25) is 0 Å². The second-order valence-electron chi connectivity index (χ2n) is 6.08. The standard InChI is InChI=1S/C16H22FNO3/c1-10(2)18-16(15(19)20)7-6-13(9-16)21-12-5-4-11(3)14(17)8-12/h4-5,8,10,13,18H,6-7,9H2,1-3H3,(H,19,20).